The number of carboxylic acids is 1. The number of carbonyl (C=O) groups excluding carboxylic acids is 1. The lowest BCUT2D eigenvalue weighted by atomic mass is 9.85. The number of hydrogen-bond acceptors (Lipinski definition) is 4. The van der Waals surface area contributed by atoms with Gasteiger partial charge in [-0.25, -0.2) is 0 Å². The molecule has 2 N–H and O–H groups in total. The second-order valence-electron chi connectivity index (χ2n) is 7.17. The molecule has 0 heterocycles. The van der Waals surface area contributed by atoms with Crippen molar-refractivity contribution in [2.75, 3.05) is 19.7 Å². The first kappa shape index (κ1) is 20.2. The van der Waals surface area contributed by atoms with E-state index in [0.29, 0.717) is 25.5 Å². The number of carbonyl (C=O) groups is 2. The van der Waals surface area contributed by atoms with Gasteiger partial charge in [0.1, 0.15) is 5.75 Å². The fourth-order valence-corrected chi connectivity index (χ4v) is 3.19. The summed E-state index contributed by atoms with van der Waals surface area (Å²) in [5.41, 5.74) is 1.26. The van der Waals surface area contributed by atoms with Gasteiger partial charge in [-0.2, -0.15) is 0 Å². The van der Waals surface area contributed by atoms with E-state index in [1.165, 1.54) is 5.56 Å². The summed E-state index contributed by atoms with van der Waals surface area (Å²) in [7, 11) is 0. The third-order valence-corrected chi connectivity index (χ3v) is 4.88. The average molecular weight is 362 g/mol. The molecule has 0 aliphatic heterocycles. The zero-order valence-corrected chi connectivity index (χ0v) is 15.9. The standard InChI is InChI=1S/C20H30N2O4/c1-4-22(13-20(24)25)17-11-16(12-17)21-19(23)9-10-26-18-7-5-15(6-8-18)14(2)3/h5-8,14,16-17H,4,9-13H2,1-3H3,(H,21,23)(H,24,25). The van der Waals surface area contributed by atoms with Gasteiger partial charge >= 0.3 is 5.97 Å². The molecule has 0 saturated heterocycles. The van der Waals surface area contributed by atoms with Gasteiger partial charge in [0.05, 0.1) is 19.6 Å². The Kier molecular flexibility index (Phi) is 7.45. The van der Waals surface area contributed by atoms with Crippen molar-refractivity contribution in [3.8, 4) is 5.75 Å². The van der Waals surface area contributed by atoms with Crippen LogP contribution in [0.5, 0.6) is 5.75 Å². The van der Waals surface area contributed by atoms with Gasteiger partial charge < -0.3 is 15.2 Å². The Morgan fingerprint density at radius 1 is 1.27 bits per heavy atom. The van der Waals surface area contributed by atoms with Gasteiger partial charge in [-0.15, -0.1) is 0 Å². The molecule has 2 rings (SSSR count). The van der Waals surface area contributed by atoms with Crippen LogP contribution in [0.3, 0.4) is 0 Å². The number of hydrogen-bond donors (Lipinski definition) is 2. The van der Waals surface area contributed by atoms with Gasteiger partial charge in [-0.3, -0.25) is 14.5 Å². The molecule has 0 aromatic heterocycles. The molecule has 1 fully saturated rings. The number of aliphatic carboxylic acids is 1. The highest BCUT2D eigenvalue weighted by atomic mass is 16.5. The largest absolute Gasteiger partial charge is 0.493 e. The minimum absolute atomic E-state index is 0.0199. The molecule has 1 amide bonds. The zero-order valence-electron chi connectivity index (χ0n) is 15.9. The summed E-state index contributed by atoms with van der Waals surface area (Å²) in [5, 5.41) is 11.9. The Bertz CT molecular complexity index is 594. The number of rotatable bonds is 10. The molecule has 0 unspecified atom stereocenters. The van der Waals surface area contributed by atoms with E-state index in [1.54, 1.807) is 0 Å². The minimum atomic E-state index is -0.807. The summed E-state index contributed by atoms with van der Waals surface area (Å²) in [6.07, 6.45) is 1.94. The van der Waals surface area contributed by atoms with E-state index in [-0.39, 0.29) is 24.5 Å². The van der Waals surface area contributed by atoms with Gasteiger partial charge in [0.25, 0.3) is 0 Å². The molecule has 1 aliphatic carbocycles. The van der Waals surface area contributed by atoms with Crippen LogP contribution in [0.4, 0.5) is 0 Å². The molecule has 0 spiro atoms. The number of likely N-dealkylation sites (N-methyl/N-ethyl adjacent to an activating group) is 1. The average Bonchev–Trinajstić information content (AvgIpc) is 2.56. The van der Waals surface area contributed by atoms with Crippen LogP contribution in [0.25, 0.3) is 0 Å². The number of benzene rings is 1. The first-order chi connectivity index (χ1) is 12.4. The Hall–Kier alpha value is -2.08. The van der Waals surface area contributed by atoms with E-state index >= 15 is 0 Å². The third kappa shape index (κ3) is 6.02. The Labute approximate surface area is 155 Å². The lowest BCUT2D eigenvalue weighted by Crippen LogP contribution is -2.54. The van der Waals surface area contributed by atoms with E-state index in [4.69, 9.17) is 9.84 Å². The fraction of sp³-hybridized carbons (Fsp3) is 0.600. The van der Waals surface area contributed by atoms with Crippen molar-refractivity contribution >= 4 is 11.9 Å². The Morgan fingerprint density at radius 3 is 2.46 bits per heavy atom. The van der Waals surface area contributed by atoms with Crippen LogP contribution in [-0.2, 0) is 9.59 Å². The van der Waals surface area contributed by atoms with Gasteiger partial charge in [-0.1, -0.05) is 32.9 Å². The molecule has 6 heteroatoms. The fourth-order valence-electron chi connectivity index (χ4n) is 3.19. The van der Waals surface area contributed by atoms with Crippen molar-refractivity contribution in [2.24, 2.45) is 0 Å². The third-order valence-electron chi connectivity index (χ3n) is 4.88. The lowest BCUT2D eigenvalue weighted by Gasteiger charge is -2.42. The summed E-state index contributed by atoms with van der Waals surface area (Å²) in [4.78, 5) is 24.8. The zero-order chi connectivity index (χ0) is 19.1. The highest BCUT2D eigenvalue weighted by Crippen LogP contribution is 2.25. The SMILES string of the molecule is CCN(CC(=O)O)C1CC(NC(=O)CCOc2ccc(C(C)C)cc2)C1. The molecule has 0 bridgehead atoms. The predicted molar refractivity (Wildman–Crippen MR) is 100 cm³/mol. The Balaban J connectivity index is 1.63. The first-order valence-electron chi connectivity index (χ1n) is 9.37. The second-order valence-corrected chi connectivity index (χ2v) is 7.17. The smallest absolute Gasteiger partial charge is 0.317 e. The molecule has 6 nitrogen and oxygen atoms in total. The summed E-state index contributed by atoms with van der Waals surface area (Å²) < 4.78 is 5.63. The monoisotopic (exact) mass is 362 g/mol. The van der Waals surface area contributed by atoms with Crippen LogP contribution < -0.4 is 10.1 Å². The normalized spacial score (nSPS) is 19.3. The van der Waals surface area contributed by atoms with Gasteiger partial charge in [0.2, 0.25) is 5.91 Å². The highest BCUT2D eigenvalue weighted by Gasteiger charge is 2.34. The molecule has 1 aromatic rings. The van der Waals surface area contributed by atoms with Crippen LogP contribution in [0.15, 0.2) is 24.3 Å². The van der Waals surface area contributed by atoms with Crippen LogP contribution in [0, 0.1) is 0 Å². The van der Waals surface area contributed by atoms with Crippen molar-refractivity contribution in [2.45, 2.75) is 58.0 Å². The number of carboxylic acid groups (broad SMARTS) is 1. The van der Waals surface area contributed by atoms with Crippen LogP contribution >= 0.6 is 0 Å². The number of ether oxygens (including phenoxy) is 1. The molecule has 1 saturated carbocycles. The van der Waals surface area contributed by atoms with Crippen molar-refractivity contribution < 1.29 is 19.4 Å². The van der Waals surface area contributed by atoms with E-state index < -0.39 is 5.97 Å². The molecule has 0 radical (unpaired) electrons. The van der Waals surface area contributed by atoms with Crippen LogP contribution in [0.1, 0.15) is 51.5 Å². The van der Waals surface area contributed by atoms with E-state index in [0.717, 1.165) is 18.6 Å². The number of nitrogens with zero attached hydrogens (tertiary/aromatic N) is 1. The van der Waals surface area contributed by atoms with Gasteiger partial charge in [0.15, 0.2) is 0 Å². The molecule has 1 aliphatic rings. The molecule has 1 aromatic carbocycles. The van der Waals surface area contributed by atoms with Gasteiger partial charge in [-0.05, 0) is 43.0 Å². The number of nitrogens with one attached hydrogen (secondary N) is 1. The minimum Gasteiger partial charge on any atom is -0.493 e. The summed E-state index contributed by atoms with van der Waals surface area (Å²) in [6.45, 7) is 7.37. The second kappa shape index (κ2) is 9.57. The van der Waals surface area contributed by atoms with Crippen LogP contribution in [-0.4, -0.2) is 53.7 Å². The topological polar surface area (TPSA) is 78.9 Å². The van der Waals surface area contributed by atoms with Crippen molar-refractivity contribution in [3.63, 3.8) is 0 Å². The molecular weight excluding hydrogens is 332 g/mol. The lowest BCUT2D eigenvalue weighted by molar-refractivity contribution is -0.139. The van der Waals surface area contributed by atoms with Crippen molar-refractivity contribution in [1.29, 1.82) is 0 Å². The summed E-state index contributed by atoms with van der Waals surface area (Å²) in [5.74, 6) is 0.435. The van der Waals surface area contributed by atoms with E-state index in [1.807, 2.05) is 36.1 Å². The maximum absolute atomic E-state index is 12.0. The number of amides is 1. The maximum atomic E-state index is 12.0. The molecule has 144 valence electrons. The quantitative estimate of drug-likeness (QED) is 0.669. The van der Waals surface area contributed by atoms with Crippen LogP contribution in [0.2, 0.25) is 0 Å². The van der Waals surface area contributed by atoms with Gasteiger partial charge in [0, 0.05) is 12.1 Å². The predicted octanol–water partition coefficient (Wildman–Crippen LogP) is 2.63. The van der Waals surface area contributed by atoms with Crippen molar-refractivity contribution in [1.82, 2.24) is 10.2 Å². The summed E-state index contributed by atoms with van der Waals surface area (Å²) >= 11 is 0. The van der Waals surface area contributed by atoms with E-state index in [9.17, 15) is 9.59 Å². The highest BCUT2D eigenvalue weighted by molar-refractivity contribution is 5.76. The maximum Gasteiger partial charge on any atom is 0.317 e. The Morgan fingerprint density at radius 2 is 1.92 bits per heavy atom. The molecule has 26 heavy (non-hydrogen) atoms. The van der Waals surface area contributed by atoms with E-state index in [2.05, 4.69) is 19.2 Å². The first-order valence-corrected chi connectivity index (χ1v) is 9.37. The van der Waals surface area contributed by atoms with Crippen molar-refractivity contribution in [3.05, 3.63) is 29.8 Å². The molecular formula is C20H30N2O4. The molecule has 0 atom stereocenters. The summed E-state index contributed by atoms with van der Waals surface area (Å²) in [6, 6.07) is 8.35.